The molecule has 15 heavy (non-hydrogen) atoms. The molecule has 2 atom stereocenters. The molecule has 1 aliphatic rings. The fraction of sp³-hybridized carbons (Fsp3) is 0.900. The number of urea groups is 1. The fourth-order valence-electron chi connectivity index (χ4n) is 1.97. The maximum atomic E-state index is 10.4. The van der Waals surface area contributed by atoms with Crippen molar-refractivity contribution >= 4 is 6.03 Å². The third-order valence-electron chi connectivity index (χ3n) is 2.72. The van der Waals surface area contributed by atoms with E-state index in [1.807, 2.05) is 0 Å². The SMILES string of the molecule is CC(CC1CCCN1)NCCNC(N)=O. The molecule has 0 aliphatic carbocycles. The number of nitrogens with two attached hydrogens (primary N) is 1. The molecular formula is C10H22N4O. The lowest BCUT2D eigenvalue weighted by Gasteiger charge is -2.18. The minimum atomic E-state index is -0.457. The highest BCUT2D eigenvalue weighted by atomic mass is 16.2. The van der Waals surface area contributed by atoms with Gasteiger partial charge in [-0.1, -0.05) is 0 Å². The van der Waals surface area contributed by atoms with E-state index in [1.165, 1.54) is 12.8 Å². The molecule has 0 aromatic carbocycles. The Morgan fingerprint density at radius 2 is 2.40 bits per heavy atom. The molecule has 0 spiro atoms. The van der Waals surface area contributed by atoms with Crippen molar-refractivity contribution in [2.45, 2.75) is 38.3 Å². The van der Waals surface area contributed by atoms with E-state index in [0.29, 0.717) is 18.6 Å². The molecule has 1 heterocycles. The number of amides is 2. The van der Waals surface area contributed by atoms with Crippen molar-refractivity contribution < 1.29 is 4.79 Å². The zero-order valence-electron chi connectivity index (χ0n) is 9.38. The van der Waals surface area contributed by atoms with Crippen LogP contribution in [0.5, 0.6) is 0 Å². The molecule has 1 saturated heterocycles. The molecule has 1 rings (SSSR count). The Labute approximate surface area is 91.2 Å². The quantitative estimate of drug-likeness (QED) is 0.461. The molecular weight excluding hydrogens is 192 g/mol. The second kappa shape index (κ2) is 6.63. The van der Waals surface area contributed by atoms with Gasteiger partial charge in [0.2, 0.25) is 0 Å². The number of rotatable bonds is 6. The lowest BCUT2D eigenvalue weighted by atomic mass is 10.1. The number of hydrogen-bond donors (Lipinski definition) is 4. The molecule has 2 amide bonds. The first-order valence-electron chi connectivity index (χ1n) is 5.68. The van der Waals surface area contributed by atoms with Crippen LogP contribution >= 0.6 is 0 Å². The van der Waals surface area contributed by atoms with Crippen LogP contribution in [0, 0.1) is 0 Å². The summed E-state index contributed by atoms with van der Waals surface area (Å²) in [7, 11) is 0. The Morgan fingerprint density at radius 3 is 3.00 bits per heavy atom. The minimum absolute atomic E-state index is 0.457. The van der Waals surface area contributed by atoms with E-state index in [-0.39, 0.29) is 0 Å². The molecule has 5 N–H and O–H groups in total. The van der Waals surface area contributed by atoms with Crippen LogP contribution in [0.25, 0.3) is 0 Å². The van der Waals surface area contributed by atoms with Gasteiger partial charge in [-0.05, 0) is 32.7 Å². The van der Waals surface area contributed by atoms with Gasteiger partial charge >= 0.3 is 6.03 Å². The molecule has 2 unspecified atom stereocenters. The Kier molecular flexibility index (Phi) is 5.42. The van der Waals surface area contributed by atoms with E-state index in [1.54, 1.807) is 0 Å². The van der Waals surface area contributed by atoms with Crippen LogP contribution in [-0.4, -0.2) is 37.7 Å². The van der Waals surface area contributed by atoms with Gasteiger partial charge in [0.15, 0.2) is 0 Å². The summed E-state index contributed by atoms with van der Waals surface area (Å²) < 4.78 is 0. The molecule has 0 aromatic heterocycles. The molecule has 0 bridgehead atoms. The number of carbonyl (C=O) groups is 1. The average molecular weight is 214 g/mol. The highest BCUT2D eigenvalue weighted by Gasteiger charge is 2.16. The smallest absolute Gasteiger partial charge is 0.312 e. The first-order chi connectivity index (χ1) is 7.18. The number of carbonyl (C=O) groups excluding carboxylic acids is 1. The summed E-state index contributed by atoms with van der Waals surface area (Å²) in [4.78, 5) is 10.4. The van der Waals surface area contributed by atoms with E-state index in [0.717, 1.165) is 19.5 Å². The second-order valence-corrected chi connectivity index (χ2v) is 4.18. The van der Waals surface area contributed by atoms with Gasteiger partial charge in [-0.2, -0.15) is 0 Å². The van der Waals surface area contributed by atoms with Gasteiger partial charge in [0.25, 0.3) is 0 Å². The van der Waals surface area contributed by atoms with Crippen molar-refractivity contribution in [2.75, 3.05) is 19.6 Å². The van der Waals surface area contributed by atoms with E-state index in [4.69, 9.17) is 5.73 Å². The van der Waals surface area contributed by atoms with Gasteiger partial charge in [0, 0.05) is 25.2 Å². The van der Waals surface area contributed by atoms with Gasteiger partial charge < -0.3 is 21.7 Å². The first-order valence-corrected chi connectivity index (χ1v) is 5.68. The van der Waals surface area contributed by atoms with Crippen molar-refractivity contribution in [3.05, 3.63) is 0 Å². The maximum Gasteiger partial charge on any atom is 0.312 e. The standard InChI is InChI=1S/C10H22N4O/c1-8(7-9-3-2-4-13-9)12-5-6-14-10(11)15/h8-9,12-13H,2-7H2,1H3,(H3,11,14,15). The van der Waals surface area contributed by atoms with Crippen molar-refractivity contribution in [3.63, 3.8) is 0 Å². The Morgan fingerprint density at radius 1 is 1.60 bits per heavy atom. The van der Waals surface area contributed by atoms with Crippen LogP contribution in [0.2, 0.25) is 0 Å². The van der Waals surface area contributed by atoms with Crippen LogP contribution in [0.4, 0.5) is 4.79 Å². The van der Waals surface area contributed by atoms with Gasteiger partial charge in [-0.25, -0.2) is 4.79 Å². The number of nitrogens with one attached hydrogen (secondary N) is 3. The largest absolute Gasteiger partial charge is 0.352 e. The lowest BCUT2D eigenvalue weighted by Crippen LogP contribution is -2.40. The van der Waals surface area contributed by atoms with Gasteiger partial charge in [0.05, 0.1) is 0 Å². The van der Waals surface area contributed by atoms with Crippen LogP contribution in [0.1, 0.15) is 26.2 Å². The van der Waals surface area contributed by atoms with Gasteiger partial charge in [-0.3, -0.25) is 0 Å². The summed E-state index contributed by atoms with van der Waals surface area (Å²) in [5, 5.41) is 9.38. The normalized spacial score (nSPS) is 22.6. The maximum absolute atomic E-state index is 10.4. The summed E-state index contributed by atoms with van der Waals surface area (Å²) in [6, 6.07) is 0.689. The summed E-state index contributed by atoms with van der Waals surface area (Å²) in [5.74, 6) is 0. The molecule has 0 radical (unpaired) electrons. The third kappa shape index (κ3) is 5.59. The Hall–Kier alpha value is -0.810. The first kappa shape index (κ1) is 12.3. The molecule has 0 saturated carbocycles. The highest BCUT2D eigenvalue weighted by Crippen LogP contribution is 2.10. The summed E-state index contributed by atoms with van der Waals surface area (Å²) in [6.07, 6.45) is 3.72. The zero-order chi connectivity index (χ0) is 11.1. The van der Waals surface area contributed by atoms with Crippen LogP contribution in [0.15, 0.2) is 0 Å². The predicted octanol–water partition coefficient (Wildman–Crippen LogP) is -0.225. The lowest BCUT2D eigenvalue weighted by molar-refractivity contribution is 0.248. The van der Waals surface area contributed by atoms with E-state index >= 15 is 0 Å². The molecule has 5 heteroatoms. The second-order valence-electron chi connectivity index (χ2n) is 4.18. The minimum Gasteiger partial charge on any atom is -0.352 e. The van der Waals surface area contributed by atoms with Crippen molar-refractivity contribution in [2.24, 2.45) is 5.73 Å². The topological polar surface area (TPSA) is 79.2 Å². The molecule has 5 nitrogen and oxygen atoms in total. The van der Waals surface area contributed by atoms with Crippen molar-refractivity contribution in [1.82, 2.24) is 16.0 Å². The summed E-state index contributed by atoms with van der Waals surface area (Å²) in [5.41, 5.74) is 4.95. The Bertz CT molecular complexity index is 192. The summed E-state index contributed by atoms with van der Waals surface area (Å²) >= 11 is 0. The highest BCUT2D eigenvalue weighted by molar-refractivity contribution is 5.71. The van der Waals surface area contributed by atoms with E-state index in [9.17, 15) is 4.79 Å². The van der Waals surface area contributed by atoms with E-state index < -0.39 is 6.03 Å². The fourth-order valence-corrected chi connectivity index (χ4v) is 1.97. The van der Waals surface area contributed by atoms with Crippen molar-refractivity contribution in [1.29, 1.82) is 0 Å². The predicted molar refractivity (Wildman–Crippen MR) is 60.7 cm³/mol. The summed E-state index contributed by atoms with van der Waals surface area (Å²) in [6.45, 7) is 4.69. The number of hydrogen-bond acceptors (Lipinski definition) is 3. The molecule has 88 valence electrons. The molecule has 1 fully saturated rings. The monoisotopic (exact) mass is 214 g/mol. The van der Waals surface area contributed by atoms with Crippen LogP contribution in [0.3, 0.4) is 0 Å². The average Bonchev–Trinajstić information content (AvgIpc) is 2.64. The van der Waals surface area contributed by atoms with E-state index in [2.05, 4.69) is 22.9 Å². The number of primary amides is 1. The zero-order valence-corrected chi connectivity index (χ0v) is 9.38. The third-order valence-corrected chi connectivity index (χ3v) is 2.72. The molecule has 0 aromatic rings. The van der Waals surface area contributed by atoms with Crippen molar-refractivity contribution in [3.8, 4) is 0 Å². The Balaban J connectivity index is 1.97. The molecule has 1 aliphatic heterocycles. The van der Waals surface area contributed by atoms with Gasteiger partial charge in [0.1, 0.15) is 0 Å². The van der Waals surface area contributed by atoms with Crippen LogP contribution < -0.4 is 21.7 Å². The van der Waals surface area contributed by atoms with Crippen LogP contribution in [-0.2, 0) is 0 Å². The van der Waals surface area contributed by atoms with Gasteiger partial charge in [-0.15, -0.1) is 0 Å².